The minimum absolute atomic E-state index is 0.303. The van der Waals surface area contributed by atoms with Crippen LogP contribution in [0.2, 0.25) is 0 Å². The Morgan fingerprint density at radius 2 is 1.33 bits per heavy atom. The molecule has 0 heterocycles. The summed E-state index contributed by atoms with van der Waals surface area (Å²) in [5.74, 6) is 0. The summed E-state index contributed by atoms with van der Waals surface area (Å²) in [5, 5.41) is 0. The largest absolute Gasteiger partial charge is 0.0863 e. The second-order valence-electron chi connectivity index (χ2n) is 3.10. The van der Waals surface area contributed by atoms with Crippen molar-refractivity contribution < 1.29 is 0 Å². The number of rotatable bonds is 1. The molecule has 9 heavy (non-hydrogen) atoms. The molecular formula is C6H11Br3. The van der Waals surface area contributed by atoms with E-state index in [0.29, 0.717) is 14.0 Å². The molecule has 0 aliphatic rings. The monoisotopic (exact) mass is 320 g/mol. The van der Waals surface area contributed by atoms with Gasteiger partial charge < -0.3 is 0 Å². The van der Waals surface area contributed by atoms with Crippen molar-refractivity contribution in [2.45, 2.75) is 29.3 Å². The van der Waals surface area contributed by atoms with E-state index in [4.69, 9.17) is 0 Å². The molecule has 0 radical (unpaired) electrons. The van der Waals surface area contributed by atoms with Gasteiger partial charge in [0.05, 0.1) is 3.74 Å². The van der Waals surface area contributed by atoms with Gasteiger partial charge >= 0.3 is 0 Å². The van der Waals surface area contributed by atoms with Gasteiger partial charge in [0.25, 0.3) is 0 Å². The molecule has 0 saturated carbocycles. The number of alkyl halides is 3. The minimum Gasteiger partial charge on any atom is -0.0863 e. The van der Waals surface area contributed by atoms with E-state index >= 15 is 0 Å². The van der Waals surface area contributed by atoms with Crippen molar-refractivity contribution in [3.63, 3.8) is 0 Å². The Kier molecular flexibility index (Phi) is 4.32. The molecule has 0 N–H and O–H groups in total. The zero-order chi connectivity index (χ0) is 7.65. The minimum atomic E-state index is 0.303. The summed E-state index contributed by atoms with van der Waals surface area (Å²) in [6.45, 7) is 6.59. The van der Waals surface area contributed by atoms with Gasteiger partial charge in [-0.3, -0.25) is 0 Å². The van der Waals surface area contributed by atoms with Crippen molar-refractivity contribution in [3.8, 4) is 0 Å². The maximum atomic E-state index is 3.57. The van der Waals surface area contributed by atoms with Crippen LogP contribution in [0.1, 0.15) is 20.8 Å². The molecule has 1 unspecified atom stereocenters. The first kappa shape index (κ1) is 10.4. The average molecular weight is 323 g/mol. The molecule has 0 aromatic heterocycles. The molecule has 0 nitrogen and oxygen atoms in total. The molecule has 0 amide bonds. The molecule has 0 saturated heterocycles. The molecular weight excluding hydrogens is 312 g/mol. The summed E-state index contributed by atoms with van der Waals surface area (Å²) in [5.41, 5.74) is 0.303. The van der Waals surface area contributed by atoms with Gasteiger partial charge in [-0.15, -0.1) is 0 Å². The summed E-state index contributed by atoms with van der Waals surface area (Å²) >= 11 is 10.5. The summed E-state index contributed by atoms with van der Waals surface area (Å²) in [4.78, 5) is 0.463. The van der Waals surface area contributed by atoms with Crippen LogP contribution in [-0.4, -0.2) is 8.56 Å². The number of halogens is 3. The van der Waals surface area contributed by atoms with Crippen LogP contribution >= 0.6 is 47.8 Å². The van der Waals surface area contributed by atoms with Gasteiger partial charge in [-0.1, -0.05) is 68.6 Å². The second kappa shape index (κ2) is 3.72. The molecule has 3 heteroatoms. The Morgan fingerprint density at radius 3 is 1.33 bits per heavy atom. The lowest BCUT2D eigenvalue weighted by atomic mass is 9.93. The fraction of sp³-hybridized carbons (Fsp3) is 1.00. The first-order valence-electron chi connectivity index (χ1n) is 2.78. The number of hydrogen-bond acceptors (Lipinski definition) is 0. The molecule has 1 atom stereocenters. The highest BCUT2D eigenvalue weighted by atomic mass is 79.9. The van der Waals surface area contributed by atoms with E-state index in [1.807, 2.05) is 0 Å². The van der Waals surface area contributed by atoms with Crippen molar-refractivity contribution in [1.29, 1.82) is 0 Å². The van der Waals surface area contributed by atoms with Crippen LogP contribution < -0.4 is 0 Å². The molecule has 0 fully saturated rings. The molecule has 0 aliphatic carbocycles. The standard InChI is InChI=1S/C6H11Br3/c1-6(2,3)4(7)5(8)9/h4-5H,1-3H3. The van der Waals surface area contributed by atoms with Gasteiger partial charge in [-0.05, 0) is 5.41 Å². The third-order valence-electron chi connectivity index (χ3n) is 1.05. The maximum Gasteiger partial charge on any atom is 0.0827 e. The highest BCUT2D eigenvalue weighted by Gasteiger charge is 2.26. The second-order valence-corrected chi connectivity index (χ2v) is 7.29. The van der Waals surface area contributed by atoms with E-state index in [-0.39, 0.29) is 0 Å². The van der Waals surface area contributed by atoms with Gasteiger partial charge in [0.1, 0.15) is 0 Å². The predicted molar refractivity (Wildman–Crippen MR) is 53.8 cm³/mol. The fourth-order valence-electron chi connectivity index (χ4n) is 0.378. The quantitative estimate of drug-likeness (QED) is 0.642. The predicted octanol–water partition coefficient (Wildman–Crippen LogP) is 3.91. The lowest BCUT2D eigenvalue weighted by Crippen LogP contribution is -2.25. The molecule has 0 aliphatic heterocycles. The van der Waals surface area contributed by atoms with Crippen LogP contribution in [0.3, 0.4) is 0 Å². The third kappa shape index (κ3) is 3.99. The summed E-state index contributed by atoms with van der Waals surface area (Å²) < 4.78 is 0.352. The zero-order valence-corrected chi connectivity index (χ0v) is 10.5. The summed E-state index contributed by atoms with van der Waals surface area (Å²) in [7, 11) is 0. The average Bonchev–Trinajstić information content (AvgIpc) is 1.62. The van der Waals surface area contributed by atoms with Crippen LogP contribution in [0.15, 0.2) is 0 Å². The lowest BCUT2D eigenvalue weighted by Gasteiger charge is -2.26. The Hall–Kier alpha value is 1.44. The highest BCUT2D eigenvalue weighted by Crippen LogP contribution is 2.34. The highest BCUT2D eigenvalue weighted by molar-refractivity contribution is 9.25. The van der Waals surface area contributed by atoms with Crippen LogP contribution in [0, 0.1) is 5.41 Å². The summed E-state index contributed by atoms with van der Waals surface area (Å²) in [6.07, 6.45) is 0. The van der Waals surface area contributed by atoms with Crippen LogP contribution in [0.5, 0.6) is 0 Å². The van der Waals surface area contributed by atoms with E-state index < -0.39 is 0 Å². The van der Waals surface area contributed by atoms with Crippen molar-refractivity contribution >= 4 is 47.8 Å². The molecule has 0 bridgehead atoms. The first-order chi connectivity index (χ1) is 3.85. The van der Waals surface area contributed by atoms with Crippen molar-refractivity contribution in [1.82, 2.24) is 0 Å². The van der Waals surface area contributed by atoms with Crippen LogP contribution in [0.4, 0.5) is 0 Å². The van der Waals surface area contributed by atoms with Gasteiger partial charge in [-0.25, -0.2) is 0 Å². The van der Waals surface area contributed by atoms with E-state index in [2.05, 4.69) is 68.6 Å². The Labute approximate surface area is 82.2 Å². The van der Waals surface area contributed by atoms with Crippen LogP contribution in [-0.2, 0) is 0 Å². The maximum absolute atomic E-state index is 3.57. The lowest BCUT2D eigenvalue weighted by molar-refractivity contribution is 0.416. The Balaban J connectivity index is 3.88. The van der Waals surface area contributed by atoms with E-state index in [9.17, 15) is 0 Å². The Bertz CT molecular complexity index is 82.8. The molecule has 0 aromatic carbocycles. The van der Waals surface area contributed by atoms with Gasteiger partial charge in [0, 0.05) is 4.83 Å². The molecule has 0 spiro atoms. The third-order valence-corrected chi connectivity index (χ3v) is 5.43. The van der Waals surface area contributed by atoms with Crippen molar-refractivity contribution in [2.24, 2.45) is 5.41 Å². The molecule has 0 rings (SSSR count). The Morgan fingerprint density at radius 1 is 1.00 bits per heavy atom. The number of hydrogen-bond donors (Lipinski definition) is 0. The molecule has 0 aromatic rings. The van der Waals surface area contributed by atoms with Crippen molar-refractivity contribution in [2.75, 3.05) is 0 Å². The van der Waals surface area contributed by atoms with Gasteiger partial charge in [0.15, 0.2) is 0 Å². The van der Waals surface area contributed by atoms with E-state index in [1.165, 1.54) is 0 Å². The van der Waals surface area contributed by atoms with Gasteiger partial charge in [0.2, 0.25) is 0 Å². The topological polar surface area (TPSA) is 0 Å². The summed E-state index contributed by atoms with van der Waals surface area (Å²) in [6, 6.07) is 0. The molecule has 56 valence electrons. The van der Waals surface area contributed by atoms with Gasteiger partial charge in [-0.2, -0.15) is 0 Å². The van der Waals surface area contributed by atoms with Crippen molar-refractivity contribution in [3.05, 3.63) is 0 Å². The SMILES string of the molecule is CC(C)(C)C(Br)C(Br)Br. The van der Waals surface area contributed by atoms with E-state index in [0.717, 1.165) is 0 Å². The smallest absolute Gasteiger partial charge is 0.0827 e. The van der Waals surface area contributed by atoms with Crippen LogP contribution in [0.25, 0.3) is 0 Å². The first-order valence-corrected chi connectivity index (χ1v) is 5.52. The van der Waals surface area contributed by atoms with E-state index in [1.54, 1.807) is 0 Å². The fourth-order valence-corrected chi connectivity index (χ4v) is 1.96. The normalized spacial score (nSPS) is 16.3. The zero-order valence-electron chi connectivity index (χ0n) is 5.79.